The molecule has 0 N–H and O–H groups in total. The molecule has 0 fully saturated rings. The fourth-order valence-electron chi connectivity index (χ4n) is 6.46. The summed E-state index contributed by atoms with van der Waals surface area (Å²) in [7, 11) is 0. The van der Waals surface area contributed by atoms with Gasteiger partial charge in [0, 0.05) is 32.8 Å². The normalized spacial score (nSPS) is 11.6. The number of hydrogen-bond donors (Lipinski definition) is 0. The lowest BCUT2D eigenvalue weighted by atomic mass is 9.98. The van der Waals surface area contributed by atoms with E-state index in [1.54, 1.807) is 16.7 Å². The molecule has 216 valence electrons. The highest BCUT2D eigenvalue weighted by Gasteiger charge is 2.30. The largest absolute Gasteiger partial charge is 0.309 e. The number of rotatable bonds is 3. The summed E-state index contributed by atoms with van der Waals surface area (Å²) in [4.78, 5) is 0. The molecule has 8 heteroatoms. The first kappa shape index (κ1) is 26.7. The summed E-state index contributed by atoms with van der Waals surface area (Å²) in [6, 6.07) is 35.3. The van der Waals surface area contributed by atoms with Crippen molar-refractivity contribution in [3.05, 3.63) is 144 Å². The predicted octanol–water partition coefficient (Wildman–Crippen LogP) is 10.1. The Balaban J connectivity index is 1.48. The van der Waals surface area contributed by atoms with E-state index in [4.69, 9.17) is 0 Å². The Morgan fingerprint density at radius 2 is 0.956 bits per heavy atom. The molecule has 2 aromatic heterocycles. The molecule has 0 saturated heterocycles. The molecule has 6 aromatic carbocycles. The Labute approximate surface area is 252 Å². The van der Waals surface area contributed by atoms with Crippen molar-refractivity contribution in [2.75, 3.05) is 0 Å². The smallest absolute Gasteiger partial charge is 0.200 e. The van der Waals surface area contributed by atoms with E-state index in [2.05, 4.69) is 16.7 Å². The minimum Gasteiger partial charge on any atom is -0.309 e. The van der Waals surface area contributed by atoms with Crippen molar-refractivity contribution < 1.29 is 22.0 Å². The van der Waals surface area contributed by atoms with Crippen molar-refractivity contribution >= 4 is 43.6 Å². The van der Waals surface area contributed by atoms with Crippen LogP contribution in [-0.4, -0.2) is 9.13 Å². The fourth-order valence-corrected chi connectivity index (χ4v) is 6.46. The Morgan fingerprint density at radius 3 is 1.53 bits per heavy atom. The molecule has 0 unspecified atom stereocenters. The third-order valence-corrected chi connectivity index (χ3v) is 8.35. The van der Waals surface area contributed by atoms with Gasteiger partial charge in [-0.05, 0) is 42.5 Å². The molecule has 45 heavy (non-hydrogen) atoms. The number of hydrogen-bond acceptors (Lipinski definition) is 1. The van der Waals surface area contributed by atoms with Gasteiger partial charge in [-0.1, -0.05) is 66.7 Å². The van der Waals surface area contributed by atoms with E-state index in [-0.39, 0.29) is 16.8 Å². The van der Waals surface area contributed by atoms with E-state index in [9.17, 15) is 18.4 Å². The maximum Gasteiger partial charge on any atom is 0.200 e. The number of nitriles is 1. The van der Waals surface area contributed by atoms with Crippen LogP contribution in [0, 0.1) is 40.4 Å². The molecule has 0 atom stereocenters. The first-order valence-electron chi connectivity index (χ1n) is 14.0. The van der Waals surface area contributed by atoms with Crippen LogP contribution in [0.25, 0.3) is 66.1 Å². The minimum atomic E-state index is -2.25. The number of fused-ring (bicyclic) bond motifs is 6. The Hall–Kier alpha value is -5.94. The van der Waals surface area contributed by atoms with Gasteiger partial charge in [-0.25, -0.2) is 22.0 Å². The van der Waals surface area contributed by atoms with Crippen LogP contribution in [-0.2, 0) is 0 Å². The average Bonchev–Trinajstić information content (AvgIpc) is 3.59. The van der Waals surface area contributed by atoms with E-state index in [1.165, 1.54) is 18.2 Å². The molecular weight excluding hydrogens is 581 g/mol. The standard InChI is InChI=1S/C37H18F5N3/c38-32-31(33(39)35(41)36(42)34(32)40)25-12-7-8-20(19-43)37(25)45-29-15-6-3-11-24(29)26-18-21(16-17-30(26)45)44-27-13-4-1-9-22(27)23-10-2-5-14-28(23)44/h1-18H. The zero-order chi connectivity index (χ0) is 31.0. The molecule has 0 spiro atoms. The van der Waals surface area contributed by atoms with E-state index < -0.39 is 34.6 Å². The molecule has 0 amide bonds. The molecule has 0 radical (unpaired) electrons. The van der Waals surface area contributed by atoms with Crippen molar-refractivity contribution in [3.63, 3.8) is 0 Å². The van der Waals surface area contributed by atoms with Gasteiger partial charge in [0.25, 0.3) is 0 Å². The second kappa shape index (κ2) is 9.79. The Bertz CT molecular complexity index is 2490. The van der Waals surface area contributed by atoms with Gasteiger partial charge in [0.15, 0.2) is 23.3 Å². The maximum atomic E-state index is 15.2. The maximum absolute atomic E-state index is 15.2. The number of para-hydroxylation sites is 4. The van der Waals surface area contributed by atoms with Crippen LogP contribution in [0.1, 0.15) is 5.56 Å². The van der Waals surface area contributed by atoms with Crippen molar-refractivity contribution in [3.8, 4) is 28.6 Å². The zero-order valence-corrected chi connectivity index (χ0v) is 23.1. The highest BCUT2D eigenvalue weighted by molar-refractivity contribution is 6.12. The third-order valence-electron chi connectivity index (χ3n) is 8.35. The molecule has 0 saturated carbocycles. The SMILES string of the molecule is N#Cc1cccc(-c2c(F)c(F)c(F)c(F)c2F)c1-n1c2ccccc2c2cc(-n3c4ccccc4c4ccccc43)ccc21. The van der Waals surface area contributed by atoms with Crippen LogP contribution in [0.5, 0.6) is 0 Å². The molecule has 0 aliphatic carbocycles. The lowest BCUT2D eigenvalue weighted by Crippen LogP contribution is -2.07. The van der Waals surface area contributed by atoms with Gasteiger partial charge in [-0.3, -0.25) is 0 Å². The van der Waals surface area contributed by atoms with Gasteiger partial charge in [0.2, 0.25) is 5.82 Å². The lowest BCUT2D eigenvalue weighted by molar-refractivity contribution is 0.381. The highest BCUT2D eigenvalue weighted by Crippen LogP contribution is 2.42. The molecule has 8 aromatic rings. The van der Waals surface area contributed by atoms with Crippen molar-refractivity contribution in [1.82, 2.24) is 9.13 Å². The van der Waals surface area contributed by atoms with E-state index >= 15 is 8.78 Å². The molecule has 3 nitrogen and oxygen atoms in total. The van der Waals surface area contributed by atoms with Crippen LogP contribution in [0.3, 0.4) is 0 Å². The van der Waals surface area contributed by atoms with Gasteiger partial charge in [0.1, 0.15) is 6.07 Å². The van der Waals surface area contributed by atoms with Crippen molar-refractivity contribution in [1.29, 1.82) is 5.26 Å². The van der Waals surface area contributed by atoms with Gasteiger partial charge in [0.05, 0.1) is 38.9 Å². The summed E-state index contributed by atoms with van der Waals surface area (Å²) in [5.74, 6) is -10.3. The van der Waals surface area contributed by atoms with Crippen LogP contribution < -0.4 is 0 Å². The molecular formula is C37H18F5N3. The third kappa shape index (κ3) is 3.67. The second-order valence-electron chi connectivity index (χ2n) is 10.7. The fraction of sp³-hybridized carbons (Fsp3) is 0. The topological polar surface area (TPSA) is 33.6 Å². The van der Waals surface area contributed by atoms with E-state index in [0.717, 1.165) is 38.3 Å². The summed E-state index contributed by atoms with van der Waals surface area (Å²) < 4.78 is 77.1. The van der Waals surface area contributed by atoms with Crippen molar-refractivity contribution in [2.24, 2.45) is 0 Å². The van der Waals surface area contributed by atoms with Crippen molar-refractivity contribution in [2.45, 2.75) is 0 Å². The highest BCUT2D eigenvalue weighted by atomic mass is 19.2. The number of nitrogens with zero attached hydrogens (tertiary/aromatic N) is 3. The summed E-state index contributed by atoms with van der Waals surface area (Å²) in [6.45, 7) is 0. The van der Waals surface area contributed by atoms with Crippen LogP contribution in [0.4, 0.5) is 22.0 Å². The van der Waals surface area contributed by atoms with Gasteiger partial charge >= 0.3 is 0 Å². The predicted molar refractivity (Wildman–Crippen MR) is 165 cm³/mol. The quantitative estimate of drug-likeness (QED) is 0.113. The lowest BCUT2D eigenvalue weighted by Gasteiger charge is -2.17. The number of benzene rings is 6. The van der Waals surface area contributed by atoms with Crippen LogP contribution in [0.15, 0.2) is 109 Å². The molecule has 8 rings (SSSR count). The van der Waals surface area contributed by atoms with Gasteiger partial charge in [-0.15, -0.1) is 0 Å². The van der Waals surface area contributed by atoms with Crippen LogP contribution in [0.2, 0.25) is 0 Å². The average molecular weight is 600 g/mol. The first-order chi connectivity index (χ1) is 21.9. The number of halogens is 5. The van der Waals surface area contributed by atoms with Gasteiger partial charge < -0.3 is 9.13 Å². The van der Waals surface area contributed by atoms with E-state index in [0.29, 0.717) is 11.0 Å². The van der Waals surface area contributed by atoms with Crippen LogP contribution >= 0.6 is 0 Å². The first-order valence-corrected chi connectivity index (χ1v) is 14.0. The van der Waals surface area contributed by atoms with E-state index in [1.807, 2.05) is 72.8 Å². The zero-order valence-electron chi connectivity index (χ0n) is 23.1. The molecule has 0 aliphatic heterocycles. The minimum absolute atomic E-state index is 0.000906. The summed E-state index contributed by atoms with van der Waals surface area (Å²) in [5, 5.41) is 13.8. The number of aromatic nitrogens is 2. The summed E-state index contributed by atoms with van der Waals surface area (Å²) in [6.07, 6.45) is 0. The van der Waals surface area contributed by atoms with Gasteiger partial charge in [-0.2, -0.15) is 5.26 Å². The molecule has 0 aliphatic rings. The Kier molecular flexibility index (Phi) is 5.80. The Morgan fingerprint density at radius 1 is 0.467 bits per heavy atom. The second-order valence-corrected chi connectivity index (χ2v) is 10.7. The summed E-state index contributed by atoms with van der Waals surface area (Å²) >= 11 is 0. The molecule has 2 heterocycles. The summed E-state index contributed by atoms with van der Waals surface area (Å²) in [5.41, 5.74) is 2.60. The molecule has 0 bridgehead atoms. The monoisotopic (exact) mass is 599 g/mol.